The summed E-state index contributed by atoms with van der Waals surface area (Å²) in [6, 6.07) is 14.1. The summed E-state index contributed by atoms with van der Waals surface area (Å²) >= 11 is 0. The molecular weight excluding hydrogens is 434 g/mol. The topological polar surface area (TPSA) is 97.0 Å². The average Bonchev–Trinajstić information content (AvgIpc) is 3.01. The zero-order valence-electron chi connectivity index (χ0n) is 20.0. The Bertz CT molecular complexity index is 1080. The van der Waals surface area contributed by atoms with E-state index in [9.17, 15) is 14.4 Å². The fraction of sp³-hybridized carbons (Fsp3) is 0.346. The fourth-order valence-corrected chi connectivity index (χ4v) is 3.60. The van der Waals surface area contributed by atoms with Crippen molar-refractivity contribution in [1.29, 1.82) is 0 Å². The summed E-state index contributed by atoms with van der Waals surface area (Å²) in [7, 11) is 0. The summed E-state index contributed by atoms with van der Waals surface area (Å²) in [5, 5.41) is 5.84. The van der Waals surface area contributed by atoms with E-state index in [1.54, 1.807) is 30.3 Å². The second-order valence-electron chi connectivity index (χ2n) is 8.13. The lowest BCUT2D eigenvalue weighted by atomic mass is 10.0. The Morgan fingerprint density at radius 1 is 1.03 bits per heavy atom. The van der Waals surface area contributed by atoms with Crippen LogP contribution in [0.3, 0.4) is 0 Å². The number of carbonyl (C=O) groups is 3. The van der Waals surface area contributed by atoms with E-state index in [1.807, 2.05) is 39.0 Å². The highest BCUT2D eigenvalue weighted by Crippen LogP contribution is 2.32. The van der Waals surface area contributed by atoms with Crippen molar-refractivity contribution >= 4 is 34.7 Å². The first-order valence-corrected chi connectivity index (χ1v) is 11.4. The normalized spacial score (nSPS) is 13.6. The van der Waals surface area contributed by atoms with Gasteiger partial charge in [-0.2, -0.15) is 0 Å². The van der Waals surface area contributed by atoms with Crippen LogP contribution >= 0.6 is 0 Å². The third kappa shape index (κ3) is 6.23. The monoisotopic (exact) mass is 465 g/mol. The standard InChI is InChI=1S/C26H31N3O5/c1-5-33-22-9-6-8-21(16-22)28-24-23(19-10-12-20(13-11-19)27-18(4)30)25(31)29(26(24)32)14-7-15-34-17(2)3/h6,8-13,16-17,28H,5,7,14-15H2,1-4H3,(H,27,30). The quantitative estimate of drug-likeness (QED) is 0.384. The zero-order valence-corrected chi connectivity index (χ0v) is 20.0. The number of hydrogen-bond donors (Lipinski definition) is 2. The van der Waals surface area contributed by atoms with E-state index in [1.165, 1.54) is 11.8 Å². The van der Waals surface area contributed by atoms with Gasteiger partial charge in [0.05, 0.1) is 18.3 Å². The Balaban J connectivity index is 1.91. The number of carbonyl (C=O) groups excluding carboxylic acids is 3. The van der Waals surface area contributed by atoms with E-state index in [4.69, 9.17) is 9.47 Å². The molecule has 0 aliphatic carbocycles. The predicted octanol–water partition coefficient (Wildman–Crippen LogP) is 4.05. The van der Waals surface area contributed by atoms with Gasteiger partial charge in [0.1, 0.15) is 11.4 Å². The first-order chi connectivity index (χ1) is 16.3. The molecule has 8 heteroatoms. The molecule has 2 aromatic rings. The maximum atomic E-state index is 13.3. The Hall–Kier alpha value is -3.65. The molecule has 0 saturated carbocycles. The highest BCUT2D eigenvalue weighted by molar-refractivity contribution is 6.36. The van der Waals surface area contributed by atoms with Gasteiger partial charge in [0.2, 0.25) is 5.91 Å². The van der Waals surface area contributed by atoms with Crippen LogP contribution in [0.4, 0.5) is 11.4 Å². The van der Waals surface area contributed by atoms with E-state index in [0.717, 1.165) is 0 Å². The molecule has 34 heavy (non-hydrogen) atoms. The van der Waals surface area contributed by atoms with Crippen molar-refractivity contribution in [2.75, 3.05) is 30.4 Å². The number of rotatable bonds is 11. The smallest absolute Gasteiger partial charge is 0.278 e. The van der Waals surface area contributed by atoms with Crippen LogP contribution in [0.15, 0.2) is 54.2 Å². The summed E-state index contributed by atoms with van der Waals surface area (Å²) in [5.41, 5.74) is 2.31. The van der Waals surface area contributed by atoms with Crippen LogP contribution in [0.25, 0.3) is 5.57 Å². The van der Waals surface area contributed by atoms with Crippen molar-refractivity contribution in [3.05, 3.63) is 59.8 Å². The van der Waals surface area contributed by atoms with Crippen molar-refractivity contribution in [2.45, 2.75) is 40.2 Å². The molecule has 0 radical (unpaired) electrons. The summed E-state index contributed by atoms with van der Waals surface area (Å²) in [6.45, 7) is 8.42. The molecule has 0 fully saturated rings. The summed E-state index contributed by atoms with van der Waals surface area (Å²) in [5.74, 6) is -0.290. The average molecular weight is 466 g/mol. The van der Waals surface area contributed by atoms with Gasteiger partial charge in [0.15, 0.2) is 0 Å². The maximum Gasteiger partial charge on any atom is 0.278 e. The fourth-order valence-electron chi connectivity index (χ4n) is 3.60. The number of anilines is 2. The lowest BCUT2D eigenvalue weighted by Crippen LogP contribution is -2.34. The van der Waals surface area contributed by atoms with Crippen LogP contribution in [-0.4, -0.2) is 48.5 Å². The molecule has 0 saturated heterocycles. The summed E-state index contributed by atoms with van der Waals surface area (Å²) in [6.07, 6.45) is 0.618. The van der Waals surface area contributed by atoms with Gasteiger partial charge >= 0.3 is 0 Å². The minimum absolute atomic E-state index is 0.0793. The first kappa shape index (κ1) is 25.0. The molecule has 180 valence electrons. The van der Waals surface area contributed by atoms with Crippen molar-refractivity contribution in [3.63, 3.8) is 0 Å². The number of nitrogens with one attached hydrogen (secondary N) is 2. The van der Waals surface area contributed by atoms with Crippen molar-refractivity contribution in [3.8, 4) is 5.75 Å². The SMILES string of the molecule is CCOc1cccc(NC2=C(c3ccc(NC(C)=O)cc3)C(=O)N(CCCOC(C)C)C2=O)c1. The van der Waals surface area contributed by atoms with Gasteiger partial charge in [-0.1, -0.05) is 18.2 Å². The second kappa shape index (κ2) is 11.5. The molecule has 0 bridgehead atoms. The lowest BCUT2D eigenvalue weighted by Gasteiger charge is -2.16. The van der Waals surface area contributed by atoms with Gasteiger partial charge in [-0.15, -0.1) is 0 Å². The number of ether oxygens (including phenoxy) is 2. The van der Waals surface area contributed by atoms with Gasteiger partial charge < -0.3 is 20.1 Å². The van der Waals surface area contributed by atoms with Gasteiger partial charge in [0.25, 0.3) is 11.8 Å². The van der Waals surface area contributed by atoms with Crippen molar-refractivity contribution in [1.82, 2.24) is 4.90 Å². The third-order valence-corrected chi connectivity index (χ3v) is 5.05. The van der Waals surface area contributed by atoms with E-state index >= 15 is 0 Å². The molecule has 8 nitrogen and oxygen atoms in total. The number of nitrogens with zero attached hydrogens (tertiary/aromatic N) is 1. The summed E-state index contributed by atoms with van der Waals surface area (Å²) < 4.78 is 11.1. The molecule has 1 heterocycles. The molecular formula is C26H31N3O5. The molecule has 1 aliphatic heterocycles. The lowest BCUT2D eigenvalue weighted by molar-refractivity contribution is -0.137. The highest BCUT2D eigenvalue weighted by Gasteiger charge is 2.38. The number of hydrogen-bond acceptors (Lipinski definition) is 6. The van der Waals surface area contributed by atoms with Crippen LogP contribution in [0, 0.1) is 0 Å². The molecule has 1 aliphatic rings. The number of benzene rings is 2. The number of imide groups is 1. The van der Waals surface area contributed by atoms with Crippen molar-refractivity contribution < 1.29 is 23.9 Å². The first-order valence-electron chi connectivity index (χ1n) is 11.4. The predicted molar refractivity (Wildman–Crippen MR) is 131 cm³/mol. The van der Waals surface area contributed by atoms with E-state index in [0.29, 0.717) is 42.3 Å². The molecule has 2 aromatic carbocycles. The Morgan fingerprint density at radius 2 is 1.76 bits per heavy atom. The van der Waals surface area contributed by atoms with Crippen LogP contribution < -0.4 is 15.4 Å². The Kier molecular flexibility index (Phi) is 8.43. The van der Waals surface area contributed by atoms with Crippen LogP contribution in [0.1, 0.15) is 39.7 Å². The van der Waals surface area contributed by atoms with E-state index in [2.05, 4.69) is 10.6 Å². The minimum atomic E-state index is -0.391. The Morgan fingerprint density at radius 3 is 2.41 bits per heavy atom. The maximum absolute atomic E-state index is 13.3. The van der Waals surface area contributed by atoms with Crippen LogP contribution in [0.5, 0.6) is 5.75 Å². The number of amides is 3. The largest absolute Gasteiger partial charge is 0.494 e. The van der Waals surface area contributed by atoms with Crippen LogP contribution in [0.2, 0.25) is 0 Å². The third-order valence-electron chi connectivity index (χ3n) is 5.05. The molecule has 3 rings (SSSR count). The molecule has 0 aromatic heterocycles. The molecule has 0 spiro atoms. The van der Waals surface area contributed by atoms with E-state index < -0.39 is 5.91 Å². The minimum Gasteiger partial charge on any atom is -0.494 e. The zero-order chi connectivity index (χ0) is 24.7. The molecule has 0 unspecified atom stereocenters. The van der Waals surface area contributed by atoms with Gasteiger partial charge in [-0.25, -0.2) is 0 Å². The van der Waals surface area contributed by atoms with Crippen molar-refractivity contribution in [2.24, 2.45) is 0 Å². The van der Waals surface area contributed by atoms with E-state index in [-0.39, 0.29) is 35.7 Å². The van der Waals surface area contributed by atoms with Gasteiger partial charge in [-0.05, 0) is 57.0 Å². The highest BCUT2D eigenvalue weighted by atomic mass is 16.5. The van der Waals surface area contributed by atoms with Gasteiger partial charge in [-0.3, -0.25) is 19.3 Å². The van der Waals surface area contributed by atoms with Gasteiger partial charge in [0, 0.05) is 37.5 Å². The molecule has 2 N–H and O–H groups in total. The molecule has 0 atom stereocenters. The molecule has 3 amide bonds. The second-order valence-corrected chi connectivity index (χ2v) is 8.13. The Labute approximate surface area is 199 Å². The van der Waals surface area contributed by atoms with Crippen LogP contribution in [-0.2, 0) is 19.1 Å². The summed E-state index contributed by atoms with van der Waals surface area (Å²) in [4.78, 5) is 39.2.